The summed E-state index contributed by atoms with van der Waals surface area (Å²) in [6.45, 7) is 0. The molecular weight excluding hydrogens is 379 g/mol. The molecule has 2 aliphatic rings. The SMILES string of the molecule is C[N+]1(C)C2CCC1CC(OC(=O)Nc1cccc(F)c1-c1cccc(Cl)c1)C2. The number of hydrogen-bond acceptors (Lipinski definition) is 2. The molecule has 2 atom stereocenters. The summed E-state index contributed by atoms with van der Waals surface area (Å²) in [5.41, 5.74) is 1.29. The first kappa shape index (κ1) is 19.2. The Labute approximate surface area is 169 Å². The molecular formula is C22H25ClFN2O2+. The molecule has 2 saturated heterocycles. The molecule has 2 unspecified atom stereocenters. The molecule has 2 fully saturated rings. The maximum Gasteiger partial charge on any atom is 0.411 e. The molecule has 2 aliphatic heterocycles. The number of amides is 1. The van der Waals surface area contributed by atoms with Gasteiger partial charge in [0.2, 0.25) is 0 Å². The Bertz CT molecular complexity index is 886. The average molecular weight is 404 g/mol. The fraction of sp³-hybridized carbons (Fsp3) is 0.409. The van der Waals surface area contributed by atoms with E-state index in [1.54, 1.807) is 36.4 Å². The Kier molecular flexibility index (Phi) is 5.06. The van der Waals surface area contributed by atoms with Crippen molar-refractivity contribution >= 4 is 23.4 Å². The van der Waals surface area contributed by atoms with Crippen LogP contribution in [0, 0.1) is 5.82 Å². The summed E-state index contributed by atoms with van der Waals surface area (Å²) in [7, 11) is 4.53. The molecule has 0 spiro atoms. The van der Waals surface area contributed by atoms with E-state index in [0.29, 0.717) is 33.9 Å². The monoisotopic (exact) mass is 403 g/mol. The van der Waals surface area contributed by atoms with Gasteiger partial charge in [-0.15, -0.1) is 0 Å². The molecule has 1 N–H and O–H groups in total. The highest BCUT2D eigenvalue weighted by molar-refractivity contribution is 6.30. The lowest BCUT2D eigenvalue weighted by atomic mass is 9.98. The molecule has 148 valence electrons. The quantitative estimate of drug-likeness (QED) is 0.690. The van der Waals surface area contributed by atoms with Crippen LogP contribution in [-0.4, -0.2) is 42.9 Å². The van der Waals surface area contributed by atoms with Crippen molar-refractivity contribution in [1.82, 2.24) is 0 Å². The standard InChI is InChI=1S/C22H24ClFN2O2/c1-26(2)16-9-10-17(26)13-18(12-16)28-22(27)25-20-8-4-7-19(24)21(20)14-5-3-6-15(23)11-14/h3-8,11,16-18H,9-10,12-13H2,1-2H3/p+1. The lowest BCUT2D eigenvalue weighted by Gasteiger charge is -2.43. The second-order valence-electron chi connectivity index (χ2n) is 8.31. The Hall–Kier alpha value is -2.11. The summed E-state index contributed by atoms with van der Waals surface area (Å²) in [4.78, 5) is 12.6. The van der Waals surface area contributed by atoms with E-state index in [9.17, 15) is 9.18 Å². The van der Waals surface area contributed by atoms with Crippen LogP contribution in [0.15, 0.2) is 42.5 Å². The van der Waals surface area contributed by atoms with E-state index in [-0.39, 0.29) is 6.10 Å². The fourth-order valence-electron chi connectivity index (χ4n) is 4.78. The van der Waals surface area contributed by atoms with Crippen molar-refractivity contribution in [2.24, 2.45) is 0 Å². The minimum atomic E-state index is -0.537. The molecule has 0 radical (unpaired) electrons. The number of fused-ring (bicyclic) bond motifs is 2. The van der Waals surface area contributed by atoms with E-state index >= 15 is 0 Å². The van der Waals surface area contributed by atoms with Gasteiger partial charge in [0.1, 0.15) is 11.9 Å². The maximum absolute atomic E-state index is 14.5. The van der Waals surface area contributed by atoms with Crippen molar-refractivity contribution in [2.45, 2.75) is 43.9 Å². The van der Waals surface area contributed by atoms with Crippen LogP contribution in [0.5, 0.6) is 0 Å². The Morgan fingerprint density at radius 1 is 1.14 bits per heavy atom. The fourth-order valence-corrected chi connectivity index (χ4v) is 4.97. The first-order chi connectivity index (χ1) is 13.3. The van der Waals surface area contributed by atoms with Gasteiger partial charge in [-0.2, -0.15) is 0 Å². The second-order valence-corrected chi connectivity index (χ2v) is 8.75. The molecule has 6 heteroatoms. The second kappa shape index (κ2) is 7.37. The van der Waals surface area contributed by atoms with Gasteiger partial charge < -0.3 is 9.22 Å². The van der Waals surface area contributed by atoms with Crippen molar-refractivity contribution in [3.8, 4) is 11.1 Å². The first-order valence-electron chi connectivity index (χ1n) is 9.70. The number of carbonyl (C=O) groups is 1. The number of halogens is 2. The third-order valence-electron chi connectivity index (χ3n) is 6.42. The Morgan fingerprint density at radius 2 is 1.82 bits per heavy atom. The number of ether oxygens (including phenoxy) is 1. The number of benzene rings is 2. The van der Waals surface area contributed by atoms with E-state index in [1.807, 2.05) is 0 Å². The Morgan fingerprint density at radius 3 is 2.50 bits per heavy atom. The lowest BCUT2D eigenvalue weighted by Crippen LogP contribution is -2.56. The molecule has 1 amide bonds. The highest BCUT2D eigenvalue weighted by atomic mass is 35.5. The van der Waals surface area contributed by atoms with Gasteiger partial charge in [-0.3, -0.25) is 5.32 Å². The van der Waals surface area contributed by atoms with Crippen molar-refractivity contribution in [3.05, 3.63) is 53.3 Å². The zero-order valence-electron chi connectivity index (χ0n) is 16.1. The van der Waals surface area contributed by atoms with E-state index < -0.39 is 11.9 Å². The number of quaternary nitrogens is 1. The predicted molar refractivity (Wildman–Crippen MR) is 109 cm³/mol. The van der Waals surface area contributed by atoms with Gasteiger partial charge >= 0.3 is 6.09 Å². The van der Waals surface area contributed by atoms with E-state index in [0.717, 1.165) is 17.3 Å². The maximum atomic E-state index is 14.5. The van der Waals surface area contributed by atoms with Crippen molar-refractivity contribution < 1.29 is 18.4 Å². The summed E-state index contributed by atoms with van der Waals surface area (Å²) in [6, 6.07) is 12.6. The summed E-state index contributed by atoms with van der Waals surface area (Å²) < 4.78 is 21.3. The molecule has 4 nitrogen and oxygen atoms in total. The van der Waals surface area contributed by atoms with Crippen molar-refractivity contribution in [1.29, 1.82) is 0 Å². The van der Waals surface area contributed by atoms with Crippen LogP contribution in [0.1, 0.15) is 25.7 Å². The van der Waals surface area contributed by atoms with Crippen molar-refractivity contribution in [2.75, 3.05) is 19.4 Å². The third kappa shape index (κ3) is 3.61. The molecule has 0 aliphatic carbocycles. The zero-order chi connectivity index (χ0) is 19.9. The summed E-state index contributed by atoms with van der Waals surface area (Å²) in [6.07, 6.45) is 3.49. The first-order valence-corrected chi connectivity index (χ1v) is 10.1. The number of anilines is 1. The van der Waals surface area contributed by atoms with Crippen LogP contribution < -0.4 is 5.32 Å². The van der Waals surface area contributed by atoms with Crippen LogP contribution >= 0.6 is 11.6 Å². The van der Waals surface area contributed by atoms with E-state index in [4.69, 9.17) is 16.3 Å². The topological polar surface area (TPSA) is 38.3 Å². The Balaban J connectivity index is 1.49. The third-order valence-corrected chi connectivity index (χ3v) is 6.66. The summed E-state index contributed by atoms with van der Waals surface area (Å²) >= 11 is 6.05. The number of piperidine rings is 1. The number of nitrogens with zero attached hydrogens (tertiary/aromatic N) is 1. The normalized spacial score (nSPS) is 25.4. The average Bonchev–Trinajstić information content (AvgIpc) is 2.80. The minimum absolute atomic E-state index is 0.0909. The molecule has 28 heavy (non-hydrogen) atoms. The number of nitrogens with one attached hydrogen (secondary N) is 1. The molecule has 2 bridgehead atoms. The largest absolute Gasteiger partial charge is 0.445 e. The lowest BCUT2D eigenvalue weighted by molar-refractivity contribution is -0.931. The zero-order valence-corrected chi connectivity index (χ0v) is 16.9. The van der Waals surface area contributed by atoms with Gasteiger partial charge in [0.25, 0.3) is 0 Å². The van der Waals surface area contributed by atoms with Gasteiger partial charge in [0.05, 0.1) is 31.9 Å². The van der Waals surface area contributed by atoms with E-state index in [2.05, 4.69) is 19.4 Å². The molecule has 2 aromatic rings. The summed E-state index contributed by atoms with van der Waals surface area (Å²) in [5.74, 6) is -0.421. The predicted octanol–water partition coefficient (Wildman–Crippen LogP) is 5.46. The molecule has 2 heterocycles. The molecule has 0 aromatic heterocycles. The van der Waals surface area contributed by atoms with Gasteiger partial charge in [-0.25, -0.2) is 9.18 Å². The number of carbonyl (C=O) groups excluding carboxylic acids is 1. The molecule has 0 saturated carbocycles. The van der Waals surface area contributed by atoms with Crippen LogP contribution in [0.3, 0.4) is 0 Å². The highest BCUT2D eigenvalue weighted by Crippen LogP contribution is 2.40. The summed E-state index contributed by atoms with van der Waals surface area (Å²) in [5, 5.41) is 3.25. The van der Waals surface area contributed by atoms with E-state index in [1.165, 1.54) is 18.9 Å². The minimum Gasteiger partial charge on any atom is -0.445 e. The van der Waals surface area contributed by atoms with Gasteiger partial charge in [-0.05, 0) is 29.8 Å². The van der Waals surface area contributed by atoms with Gasteiger partial charge in [0.15, 0.2) is 0 Å². The van der Waals surface area contributed by atoms with Crippen LogP contribution in [0.25, 0.3) is 11.1 Å². The van der Waals surface area contributed by atoms with Gasteiger partial charge in [0, 0.05) is 36.3 Å². The van der Waals surface area contributed by atoms with Crippen molar-refractivity contribution in [3.63, 3.8) is 0 Å². The highest BCUT2D eigenvalue weighted by Gasteiger charge is 2.49. The van der Waals surface area contributed by atoms with Gasteiger partial charge in [-0.1, -0.05) is 29.8 Å². The van der Waals surface area contributed by atoms with Crippen LogP contribution in [0.2, 0.25) is 5.02 Å². The van der Waals surface area contributed by atoms with Crippen LogP contribution in [-0.2, 0) is 4.74 Å². The smallest absolute Gasteiger partial charge is 0.411 e. The number of hydrogen-bond donors (Lipinski definition) is 1. The molecule has 2 aromatic carbocycles. The van der Waals surface area contributed by atoms with Crippen LogP contribution in [0.4, 0.5) is 14.9 Å². The number of rotatable bonds is 3. The molecule has 4 rings (SSSR count).